The number of benzene rings is 1. The van der Waals surface area contributed by atoms with E-state index in [9.17, 15) is 9.59 Å². The van der Waals surface area contributed by atoms with Crippen LogP contribution in [-0.4, -0.2) is 29.9 Å². The Morgan fingerprint density at radius 2 is 2.05 bits per heavy atom. The van der Waals surface area contributed by atoms with Gasteiger partial charge in [-0.2, -0.15) is 0 Å². The molecule has 0 spiro atoms. The Hall–Kier alpha value is -2.63. The summed E-state index contributed by atoms with van der Waals surface area (Å²) in [4.78, 5) is 27.3. The normalized spacial score (nSPS) is 10.2. The van der Waals surface area contributed by atoms with Crippen LogP contribution in [0.25, 0.3) is 10.9 Å². The first kappa shape index (κ1) is 13.8. The van der Waals surface area contributed by atoms with Crippen molar-refractivity contribution in [3.63, 3.8) is 0 Å². The zero-order valence-electron chi connectivity index (χ0n) is 11.1. The molecule has 6 heteroatoms. The molecule has 0 saturated carbocycles. The van der Waals surface area contributed by atoms with Crippen LogP contribution in [0.2, 0.25) is 0 Å². The number of pyridine rings is 1. The average Bonchev–Trinajstić information content (AvgIpc) is 2.44. The summed E-state index contributed by atoms with van der Waals surface area (Å²) in [6, 6.07) is 9.01. The van der Waals surface area contributed by atoms with Crippen molar-refractivity contribution in [2.24, 2.45) is 5.73 Å². The van der Waals surface area contributed by atoms with E-state index >= 15 is 0 Å². The highest BCUT2D eigenvalue weighted by Crippen LogP contribution is 2.20. The highest BCUT2D eigenvalue weighted by molar-refractivity contribution is 6.07. The van der Waals surface area contributed by atoms with E-state index in [-0.39, 0.29) is 12.5 Å². The SMILES string of the molecule is CCNc1cc(C(=O)NCC(N)=O)c2ccccc2n1. The van der Waals surface area contributed by atoms with Crippen LogP contribution >= 0.6 is 0 Å². The van der Waals surface area contributed by atoms with E-state index in [1.807, 2.05) is 31.2 Å². The van der Waals surface area contributed by atoms with E-state index in [1.54, 1.807) is 6.07 Å². The van der Waals surface area contributed by atoms with Crippen LogP contribution in [-0.2, 0) is 4.79 Å². The van der Waals surface area contributed by atoms with Crippen molar-refractivity contribution in [1.82, 2.24) is 10.3 Å². The summed E-state index contributed by atoms with van der Waals surface area (Å²) in [6.45, 7) is 2.46. The molecule has 0 aliphatic heterocycles. The van der Waals surface area contributed by atoms with Crippen LogP contribution in [0, 0.1) is 0 Å². The third-order valence-corrected chi connectivity index (χ3v) is 2.74. The van der Waals surface area contributed by atoms with Crippen LogP contribution in [0.5, 0.6) is 0 Å². The molecular weight excluding hydrogens is 256 g/mol. The molecule has 2 aromatic rings. The third kappa shape index (κ3) is 3.03. The van der Waals surface area contributed by atoms with Crippen LogP contribution in [0.4, 0.5) is 5.82 Å². The van der Waals surface area contributed by atoms with E-state index in [0.29, 0.717) is 17.9 Å². The summed E-state index contributed by atoms with van der Waals surface area (Å²) in [5.74, 6) is -0.305. The molecule has 0 atom stereocenters. The van der Waals surface area contributed by atoms with Crippen molar-refractivity contribution < 1.29 is 9.59 Å². The zero-order chi connectivity index (χ0) is 14.5. The van der Waals surface area contributed by atoms with Gasteiger partial charge in [-0.3, -0.25) is 9.59 Å². The Kier molecular flexibility index (Phi) is 4.14. The van der Waals surface area contributed by atoms with Gasteiger partial charge in [-0.1, -0.05) is 18.2 Å². The number of fused-ring (bicyclic) bond motifs is 1. The van der Waals surface area contributed by atoms with Gasteiger partial charge in [0.25, 0.3) is 5.91 Å². The van der Waals surface area contributed by atoms with Crippen molar-refractivity contribution in [3.05, 3.63) is 35.9 Å². The van der Waals surface area contributed by atoms with Crippen molar-refractivity contribution in [3.8, 4) is 0 Å². The number of amides is 2. The van der Waals surface area contributed by atoms with E-state index in [1.165, 1.54) is 0 Å². The molecule has 0 fully saturated rings. The van der Waals surface area contributed by atoms with Crippen LogP contribution < -0.4 is 16.4 Å². The second kappa shape index (κ2) is 6.01. The van der Waals surface area contributed by atoms with Crippen LogP contribution in [0.1, 0.15) is 17.3 Å². The molecule has 4 N–H and O–H groups in total. The summed E-state index contributed by atoms with van der Waals surface area (Å²) in [6.07, 6.45) is 0. The fourth-order valence-electron chi connectivity index (χ4n) is 1.90. The highest BCUT2D eigenvalue weighted by Gasteiger charge is 2.13. The van der Waals surface area contributed by atoms with Gasteiger partial charge in [0.2, 0.25) is 5.91 Å². The minimum atomic E-state index is -0.580. The lowest BCUT2D eigenvalue weighted by atomic mass is 10.1. The molecule has 0 saturated heterocycles. The summed E-state index contributed by atoms with van der Waals surface area (Å²) in [5.41, 5.74) is 6.21. The quantitative estimate of drug-likeness (QED) is 0.752. The minimum Gasteiger partial charge on any atom is -0.370 e. The fraction of sp³-hybridized carbons (Fsp3) is 0.214. The average molecular weight is 272 g/mol. The Morgan fingerprint density at radius 1 is 1.30 bits per heavy atom. The fourth-order valence-corrected chi connectivity index (χ4v) is 1.90. The Balaban J connectivity index is 2.43. The number of primary amides is 1. The number of anilines is 1. The molecule has 0 aliphatic rings. The molecule has 0 unspecified atom stereocenters. The summed E-state index contributed by atoms with van der Waals surface area (Å²) < 4.78 is 0. The van der Waals surface area contributed by atoms with Gasteiger partial charge >= 0.3 is 0 Å². The number of rotatable bonds is 5. The van der Waals surface area contributed by atoms with Gasteiger partial charge in [0.05, 0.1) is 17.6 Å². The van der Waals surface area contributed by atoms with E-state index in [2.05, 4.69) is 15.6 Å². The highest BCUT2D eigenvalue weighted by atomic mass is 16.2. The van der Waals surface area contributed by atoms with Crippen molar-refractivity contribution in [1.29, 1.82) is 0 Å². The number of carbonyl (C=O) groups is 2. The smallest absolute Gasteiger partial charge is 0.252 e. The van der Waals surface area contributed by atoms with Gasteiger partial charge in [0, 0.05) is 11.9 Å². The summed E-state index contributed by atoms with van der Waals surface area (Å²) in [7, 11) is 0. The number of carbonyl (C=O) groups excluding carboxylic acids is 2. The molecule has 6 nitrogen and oxygen atoms in total. The van der Waals surface area contributed by atoms with Crippen LogP contribution in [0.15, 0.2) is 30.3 Å². The maximum Gasteiger partial charge on any atom is 0.252 e. The number of para-hydroxylation sites is 1. The molecule has 1 aromatic heterocycles. The first-order valence-corrected chi connectivity index (χ1v) is 6.32. The van der Waals surface area contributed by atoms with E-state index in [0.717, 1.165) is 10.9 Å². The predicted octanol–water partition coefficient (Wildman–Crippen LogP) is 0.882. The van der Waals surface area contributed by atoms with Gasteiger partial charge in [-0.15, -0.1) is 0 Å². The number of nitrogens with one attached hydrogen (secondary N) is 2. The Bertz CT molecular complexity index is 655. The molecule has 20 heavy (non-hydrogen) atoms. The zero-order valence-corrected chi connectivity index (χ0v) is 11.1. The molecule has 104 valence electrons. The van der Waals surface area contributed by atoms with Crippen molar-refractivity contribution in [2.45, 2.75) is 6.92 Å². The van der Waals surface area contributed by atoms with Gasteiger partial charge in [0.1, 0.15) is 5.82 Å². The molecule has 1 aromatic carbocycles. The molecule has 0 radical (unpaired) electrons. The lowest BCUT2D eigenvalue weighted by Gasteiger charge is -2.10. The van der Waals surface area contributed by atoms with E-state index in [4.69, 9.17) is 5.73 Å². The lowest BCUT2D eigenvalue weighted by Crippen LogP contribution is -2.33. The maximum atomic E-state index is 12.1. The van der Waals surface area contributed by atoms with E-state index < -0.39 is 5.91 Å². The van der Waals surface area contributed by atoms with Crippen molar-refractivity contribution >= 4 is 28.5 Å². The molecular formula is C14H16N4O2. The second-order valence-corrected chi connectivity index (χ2v) is 4.25. The van der Waals surface area contributed by atoms with Gasteiger partial charge in [-0.05, 0) is 19.1 Å². The molecule has 0 aliphatic carbocycles. The minimum absolute atomic E-state index is 0.188. The first-order valence-electron chi connectivity index (χ1n) is 6.32. The van der Waals surface area contributed by atoms with Crippen molar-refractivity contribution in [2.75, 3.05) is 18.4 Å². The van der Waals surface area contributed by atoms with Gasteiger partial charge in [0.15, 0.2) is 0 Å². The van der Waals surface area contributed by atoms with Gasteiger partial charge in [-0.25, -0.2) is 4.98 Å². The number of aromatic nitrogens is 1. The third-order valence-electron chi connectivity index (χ3n) is 2.74. The summed E-state index contributed by atoms with van der Waals surface area (Å²) in [5, 5.41) is 6.30. The predicted molar refractivity (Wildman–Crippen MR) is 77.4 cm³/mol. The number of hydrogen-bond donors (Lipinski definition) is 3. The molecule has 2 amide bonds. The largest absolute Gasteiger partial charge is 0.370 e. The maximum absolute atomic E-state index is 12.1. The Labute approximate surface area is 116 Å². The second-order valence-electron chi connectivity index (χ2n) is 4.25. The number of nitrogens with zero attached hydrogens (tertiary/aromatic N) is 1. The standard InChI is InChI=1S/C14H16N4O2/c1-2-16-13-7-10(14(20)17-8-12(15)19)9-5-3-4-6-11(9)18-13/h3-7H,2,8H2,1H3,(H2,15,19)(H,16,18)(H,17,20). The Morgan fingerprint density at radius 3 is 2.75 bits per heavy atom. The summed E-state index contributed by atoms with van der Waals surface area (Å²) >= 11 is 0. The van der Waals surface area contributed by atoms with Gasteiger partial charge < -0.3 is 16.4 Å². The monoisotopic (exact) mass is 272 g/mol. The topological polar surface area (TPSA) is 97.1 Å². The number of hydrogen-bond acceptors (Lipinski definition) is 4. The molecule has 2 rings (SSSR count). The molecule has 1 heterocycles. The lowest BCUT2D eigenvalue weighted by molar-refractivity contribution is -0.117. The molecule has 0 bridgehead atoms. The first-order chi connectivity index (χ1) is 9.61. The number of nitrogens with two attached hydrogens (primary N) is 1. The van der Waals surface area contributed by atoms with Crippen LogP contribution in [0.3, 0.4) is 0 Å².